The quantitative estimate of drug-likeness (QED) is 0.838. The number of rotatable bonds is 5. The normalized spacial score (nSPS) is 11.1. The summed E-state index contributed by atoms with van der Waals surface area (Å²) in [5, 5.41) is 10.7. The first-order valence-corrected chi connectivity index (χ1v) is 7.10. The third-order valence-corrected chi connectivity index (χ3v) is 3.86. The van der Waals surface area contributed by atoms with Crippen molar-refractivity contribution >= 4 is 27.4 Å². The average molecular weight is 289 g/mol. The molecule has 2 N–H and O–H groups in total. The number of benzene rings is 1. The molecule has 0 radical (unpaired) electrons. The molecule has 0 aromatic heterocycles. The Balaban J connectivity index is 2.84. The fraction of sp³-hybridized carbons (Fsp3) is 0.273. The molecule has 0 aliphatic rings. The Morgan fingerprint density at radius 2 is 2.00 bits per heavy atom. The summed E-state index contributed by atoms with van der Waals surface area (Å²) < 4.78 is 35.9. The highest BCUT2D eigenvalue weighted by atomic mass is 32.2. The van der Waals surface area contributed by atoms with Gasteiger partial charge in [0.2, 0.25) is 5.91 Å². The first kappa shape index (κ1) is 15.1. The van der Waals surface area contributed by atoms with Crippen molar-refractivity contribution in [1.82, 2.24) is 0 Å². The number of nitrogens with one attached hydrogen (secondary N) is 1. The smallest absolute Gasteiger partial charge is 0.335 e. The number of carboxylic acids is 1. The van der Waals surface area contributed by atoms with Crippen molar-refractivity contribution in [2.24, 2.45) is 0 Å². The summed E-state index contributed by atoms with van der Waals surface area (Å²) in [5.41, 5.74) is -0.530. The van der Waals surface area contributed by atoms with Crippen LogP contribution in [-0.4, -0.2) is 36.9 Å². The molecule has 1 aromatic rings. The number of sulfone groups is 1. The number of hydrogen-bond donors (Lipinski definition) is 2. The average Bonchev–Trinajstić information content (AvgIpc) is 2.30. The third kappa shape index (κ3) is 4.32. The van der Waals surface area contributed by atoms with Gasteiger partial charge in [0.15, 0.2) is 9.84 Å². The number of anilines is 1. The largest absolute Gasteiger partial charge is 0.478 e. The number of aromatic carboxylic acids is 1. The Kier molecular flexibility index (Phi) is 4.60. The lowest BCUT2D eigenvalue weighted by molar-refractivity contribution is -0.113. The van der Waals surface area contributed by atoms with Gasteiger partial charge in [-0.15, -0.1) is 0 Å². The van der Waals surface area contributed by atoms with E-state index in [0.29, 0.717) is 0 Å². The van der Waals surface area contributed by atoms with Gasteiger partial charge in [0.1, 0.15) is 11.6 Å². The number of amides is 1. The number of halogens is 1. The zero-order valence-corrected chi connectivity index (χ0v) is 10.8. The highest BCUT2D eigenvalue weighted by Crippen LogP contribution is 2.16. The van der Waals surface area contributed by atoms with Gasteiger partial charge < -0.3 is 10.4 Å². The van der Waals surface area contributed by atoms with Gasteiger partial charge in [0.05, 0.1) is 11.3 Å². The molecule has 0 heterocycles. The van der Waals surface area contributed by atoms with Crippen LogP contribution in [0, 0.1) is 5.82 Å². The molecule has 0 aliphatic carbocycles. The minimum absolute atomic E-state index is 0.194. The second-order valence-corrected chi connectivity index (χ2v) is 6.08. The van der Waals surface area contributed by atoms with E-state index in [1.54, 1.807) is 0 Å². The van der Waals surface area contributed by atoms with Crippen LogP contribution >= 0.6 is 0 Å². The fourth-order valence-electron chi connectivity index (χ4n) is 1.24. The monoisotopic (exact) mass is 289 g/mol. The molecule has 104 valence electrons. The van der Waals surface area contributed by atoms with Gasteiger partial charge in [0, 0.05) is 5.75 Å². The van der Waals surface area contributed by atoms with Crippen LogP contribution < -0.4 is 5.32 Å². The first-order valence-electron chi connectivity index (χ1n) is 5.28. The van der Waals surface area contributed by atoms with Crippen LogP contribution in [0.25, 0.3) is 0 Å². The van der Waals surface area contributed by atoms with Gasteiger partial charge in [-0.05, 0) is 18.2 Å². The Hall–Kier alpha value is -1.96. The summed E-state index contributed by atoms with van der Waals surface area (Å²) >= 11 is 0. The Labute approximate surface area is 109 Å². The molecule has 1 rings (SSSR count). The number of hydrogen-bond acceptors (Lipinski definition) is 4. The summed E-state index contributed by atoms with van der Waals surface area (Å²) in [7, 11) is -3.50. The molecule has 1 amide bonds. The maximum Gasteiger partial charge on any atom is 0.335 e. The van der Waals surface area contributed by atoms with Crippen LogP contribution in [0.1, 0.15) is 17.3 Å². The molecule has 6 nitrogen and oxygen atoms in total. The van der Waals surface area contributed by atoms with Crippen molar-refractivity contribution in [3.63, 3.8) is 0 Å². The fourth-order valence-corrected chi connectivity index (χ4v) is 1.91. The molecular formula is C11H12FNO5S. The van der Waals surface area contributed by atoms with Crippen LogP contribution in [0.3, 0.4) is 0 Å². The molecule has 0 spiro atoms. The van der Waals surface area contributed by atoms with Crippen molar-refractivity contribution in [2.75, 3.05) is 16.8 Å². The van der Waals surface area contributed by atoms with Crippen molar-refractivity contribution in [1.29, 1.82) is 0 Å². The number of carbonyl (C=O) groups excluding carboxylic acids is 1. The third-order valence-electron chi connectivity index (χ3n) is 2.28. The molecule has 8 heteroatoms. The number of carboxylic acid groups (broad SMARTS) is 1. The van der Waals surface area contributed by atoms with E-state index in [4.69, 9.17) is 5.11 Å². The van der Waals surface area contributed by atoms with E-state index >= 15 is 0 Å². The molecule has 0 aliphatic heterocycles. The van der Waals surface area contributed by atoms with E-state index in [9.17, 15) is 22.4 Å². The minimum atomic E-state index is -3.50. The van der Waals surface area contributed by atoms with Gasteiger partial charge >= 0.3 is 5.97 Å². The molecule has 0 saturated heterocycles. The molecule has 0 saturated carbocycles. The van der Waals surface area contributed by atoms with Gasteiger partial charge in [-0.3, -0.25) is 4.79 Å². The van der Waals surface area contributed by atoms with E-state index in [2.05, 4.69) is 5.32 Å². The van der Waals surface area contributed by atoms with Crippen molar-refractivity contribution in [2.45, 2.75) is 6.92 Å². The summed E-state index contributed by atoms with van der Waals surface area (Å²) in [6.07, 6.45) is 0. The van der Waals surface area contributed by atoms with E-state index < -0.39 is 33.3 Å². The standard InChI is InChI=1S/C11H12FNO5S/c1-2-19(17,18)6-10(14)13-9-4-3-7(11(15)16)5-8(9)12/h3-5H,2,6H2,1H3,(H,13,14)(H,15,16). The number of carbonyl (C=O) groups is 2. The topological polar surface area (TPSA) is 101 Å². The molecular weight excluding hydrogens is 277 g/mol. The zero-order valence-electron chi connectivity index (χ0n) is 10.0. The second-order valence-electron chi connectivity index (χ2n) is 3.72. The van der Waals surface area contributed by atoms with Crippen LogP contribution in [0.2, 0.25) is 0 Å². The SMILES string of the molecule is CCS(=O)(=O)CC(=O)Nc1ccc(C(=O)O)cc1F. The van der Waals surface area contributed by atoms with Gasteiger partial charge in [-0.2, -0.15) is 0 Å². The van der Waals surface area contributed by atoms with Gasteiger partial charge in [-0.1, -0.05) is 6.92 Å². The molecule has 1 aromatic carbocycles. The Morgan fingerprint density at radius 1 is 1.37 bits per heavy atom. The van der Waals surface area contributed by atoms with E-state index in [0.717, 1.165) is 18.2 Å². The summed E-state index contributed by atoms with van der Waals surface area (Å²) in [6, 6.07) is 2.91. The van der Waals surface area contributed by atoms with E-state index in [1.165, 1.54) is 6.92 Å². The lowest BCUT2D eigenvalue weighted by Gasteiger charge is -2.07. The van der Waals surface area contributed by atoms with Crippen LogP contribution in [0.15, 0.2) is 18.2 Å². The van der Waals surface area contributed by atoms with Crippen molar-refractivity contribution in [3.05, 3.63) is 29.6 Å². The molecule has 0 unspecified atom stereocenters. The van der Waals surface area contributed by atoms with Crippen LogP contribution in [0.5, 0.6) is 0 Å². The van der Waals surface area contributed by atoms with Crippen LogP contribution in [-0.2, 0) is 14.6 Å². The lowest BCUT2D eigenvalue weighted by atomic mass is 10.2. The second kappa shape index (κ2) is 5.79. The summed E-state index contributed by atoms with van der Waals surface area (Å²) in [4.78, 5) is 22.0. The van der Waals surface area contributed by atoms with Crippen LogP contribution in [0.4, 0.5) is 10.1 Å². The maximum absolute atomic E-state index is 13.5. The van der Waals surface area contributed by atoms with Crippen molar-refractivity contribution in [3.8, 4) is 0 Å². The predicted molar refractivity (Wildman–Crippen MR) is 66.3 cm³/mol. The van der Waals surface area contributed by atoms with E-state index in [-0.39, 0.29) is 17.0 Å². The maximum atomic E-state index is 13.5. The summed E-state index contributed by atoms with van der Waals surface area (Å²) in [6.45, 7) is 1.39. The van der Waals surface area contributed by atoms with E-state index in [1.807, 2.05) is 0 Å². The molecule has 0 fully saturated rings. The molecule has 0 bridgehead atoms. The van der Waals surface area contributed by atoms with Gasteiger partial charge in [-0.25, -0.2) is 17.6 Å². The lowest BCUT2D eigenvalue weighted by Crippen LogP contribution is -2.24. The zero-order chi connectivity index (χ0) is 14.6. The Bertz CT molecular complexity index is 612. The van der Waals surface area contributed by atoms with Crippen molar-refractivity contribution < 1.29 is 27.5 Å². The predicted octanol–water partition coefficient (Wildman–Crippen LogP) is 0.897. The highest BCUT2D eigenvalue weighted by molar-refractivity contribution is 7.92. The summed E-state index contributed by atoms with van der Waals surface area (Å²) in [5.74, 6) is -4.05. The molecule has 19 heavy (non-hydrogen) atoms. The minimum Gasteiger partial charge on any atom is -0.478 e. The highest BCUT2D eigenvalue weighted by Gasteiger charge is 2.16. The first-order chi connectivity index (χ1) is 8.75. The van der Waals surface area contributed by atoms with Gasteiger partial charge in [0.25, 0.3) is 0 Å². The molecule has 0 atom stereocenters. The Morgan fingerprint density at radius 3 is 2.47 bits per heavy atom.